The molecule has 1 aromatic heterocycles. The Kier molecular flexibility index (Phi) is 5.77. The Bertz CT molecular complexity index is 1180. The molecule has 1 unspecified atom stereocenters. The molecule has 0 fully saturated rings. The first kappa shape index (κ1) is 20.0. The number of carbonyl (C=O) groups is 1. The molecule has 152 valence electrons. The molecule has 2 amide bonds. The van der Waals surface area contributed by atoms with E-state index in [4.69, 9.17) is 11.6 Å². The second-order valence-corrected chi connectivity index (χ2v) is 7.88. The molecule has 0 aliphatic rings. The fraction of sp³-hybridized carbons (Fsp3) is 0.160. The van der Waals surface area contributed by atoms with Crippen molar-refractivity contribution in [3.05, 3.63) is 101 Å². The smallest absolute Gasteiger partial charge is 0.319 e. The highest BCUT2D eigenvalue weighted by Gasteiger charge is 2.20. The van der Waals surface area contributed by atoms with E-state index in [0.29, 0.717) is 17.3 Å². The Morgan fingerprint density at radius 2 is 1.77 bits per heavy atom. The highest BCUT2D eigenvalue weighted by Crippen LogP contribution is 2.31. The molecule has 0 radical (unpaired) electrons. The second-order valence-electron chi connectivity index (χ2n) is 7.47. The minimum atomic E-state index is -0.254. The number of hydrogen-bond donors (Lipinski definition) is 2. The predicted octanol–water partition coefficient (Wildman–Crippen LogP) is 6.09. The minimum absolute atomic E-state index is 0.0321. The first-order chi connectivity index (χ1) is 14.5. The average Bonchev–Trinajstić information content (AvgIpc) is 3.08. The van der Waals surface area contributed by atoms with Gasteiger partial charge in [-0.2, -0.15) is 0 Å². The summed E-state index contributed by atoms with van der Waals surface area (Å²) in [7, 11) is 2.05. The van der Waals surface area contributed by atoms with Crippen LogP contribution in [0.25, 0.3) is 10.9 Å². The van der Waals surface area contributed by atoms with Crippen molar-refractivity contribution in [1.82, 2.24) is 9.88 Å². The molecule has 1 heterocycles. The first-order valence-corrected chi connectivity index (χ1v) is 10.3. The summed E-state index contributed by atoms with van der Waals surface area (Å²) in [6.07, 6.45) is 2.15. The topological polar surface area (TPSA) is 46.1 Å². The van der Waals surface area contributed by atoms with Crippen molar-refractivity contribution in [2.75, 3.05) is 11.9 Å². The Morgan fingerprint density at radius 1 is 1.03 bits per heavy atom. The van der Waals surface area contributed by atoms with Gasteiger partial charge in [-0.15, -0.1) is 0 Å². The van der Waals surface area contributed by atoms with Crippen LogP contribution in [0, 0.1) is 6.92 Å². The Labute approximate surface area is 181 Å². The third-order valence-electron chi connectivity index (χ3n) is 5.40. The summed E-state index contributed by atoms with van der Waals surface area (Å²) < 4.78 is 2.13. The number of amides is 2. The SMILES string of the molecule is Cc1ccc(NC(=O)NCC(c2ccccc2)c2cn(C)c3ccccc23)cc1Cl. The van der Waals surface area contributed by atoms with E-state index < -0.39 is 0 Å². The van der Waals surface area contributed by atoms with Crippen molar-refractivity contribution in [2.24, 2.45) is 7.05 Å². The molecule has 4 nitrogen and oxygen atoms in total. The van der Waals surface area contributed by atoms with Gasteiger partial charge in [-0.25, -0.2) is 4.79 Å². The number of urea groups is 1. The molecule has 4 aromatic rings. The Balaban J connectivity index is 1.58. The number of halogens is 1. The molecule has 3 aromatic carbocycles. The van der Waals surface area contributed by atoms with E-state index in [9.17, 15) is 4.79 Å². The molecule has 0 spiro atoms. The molecular weight excluding hydrogens is 394 g/mol. The third-order valence-corrected chi connectivity index (χ3v) is 5.81. The normalized spacial score (nSPS) is 12.0. The van der Waals surface area contributed by atoms with Crippen molar-refractivity contribution < 1.29 is 4.79 Å². The largest absolute Gasteiger partial charge is 0.350 e. The molecule has 1 atom stereocenters. The average molecular weight is 418 g/mol. The molecule has 30 heavy (non-hydrogen) atoms. The van der Waals surface area contributed by atoms with Crippen LogP contribution in [0.5, 0.6) is 0 Å². The fourth-order valence-electron chi connectivity index (χ4n) is 3.78. The number of anilines is 1. The number of nitrogens with one attached hydrogen (secondary N) is 2. The molecule has 0 saturated heterocycles. The second kappa shape index (κ2) is 8.64. The zero-order valence-electron chi connectivity index (χ0n) is 17.0. The van der Waals surface area contributed by atoms with Gasteiger partial charge >= 0.3 is 6.03 Å². The van der Waals surface area contributed by atoms with E-state index in [-0.39, 0.29) is 11.9 Å². The van der Waals surface area contributed by atoms with Crippen LogP contribution in [0.15, 0.2) is 79.0 Å². The van der Waals surface area contributed by atoms with Crippen LogP contribution < -0.4 is 10.6 Å². The molecule has 0 aliphatic heterocycles. The molecule has 0 saturated carbocycles. The van der Waals surface area contributed by atoms with Crippen LogP contribution in [0.3, 0.4) is 0 Å². The summed E-state index contributed by atoms with van der Waals surface area (Å²) in [4.78, 5) is 12.6. The highest BCUT2D eigenvalue weighted by molar-refractivity contribution is 6.31. The first-order valence-electron chi connectivity index (χ1n) is 9.93. The fourth-order valence-corrected chi connectivity index (χ4v) is 3.96. The van der Waals surface area contributed by atoms with E-state index >= 15 is 0 Å². The number of aromatic nitrogens is 1. The zero-order chi connectivity index (χ0) is 21.1. The number of carbonyl (C=O) groups excluding carboxylic acids is 1. The van der Waals surface area contributed by atoms with Crippen molar-refractivity contribution in [3.63, 3.8) is 0 Å². The van der Waals surface area contributed by atoms with Crippen molar-refractivity contribution in [2.45, 2.75) is 12.8 Å². The summed E-state index contributed by atoms with van der Waals surface area (Å²) >= 11 is 6.17. The van der Waals surface area contributed by atoms with Crippen molar-refractivity contribution in [1.29, 1.82) is 0 Å². The van der Waals surface area contributed by atoms with E-state index in [1.54, 1.807) is 6.07 Å². The molecule has 0 bridgehead atoms. The maximum Gasteiger partial charge on any atom is 0.319 e. The van der Waals surface area contributed by atoms with Gasteiger partial charge in [0.05, 0.1) is 0 Å². The highest BCUT2D eigenvalue weighted by atomic mass is 35.5. The summed E-state index contributed by atoms with van der Waals surface area (Å²) in [5.74, 6) is 0.0321. The van der Waals surface area contributed by atoms with E-state index in [2.05, 4.69) is 58.8 Å². The van der Waals surface area contributed by atoms with Crippen LogP contribution in [-0.2, 0) is 7.05 Å². The van der Waals surface area contributed by atoms with Crippen LogP contribution in [0.2, 0.25) is 5.02 Å². The minimum Gasteiger partial charge on any atom is -0.350 e. The van der Waals surface area contributed by atoms with Gasteiger partial charge < -0.3 is 15.2 Å². The van der Waals surface area contributed by atoms with E-state index in [1.165, 1.54) is 16.5 Å². The lowest BCUT2D eigenvalue weighted by Gasteiger charge is -2.18. The number of nitrogens with zero attached hydrogens (tertiary/aromatic N) is 1. The summed E-state index contributed by atoms with van der Waals surface area (Å²) in [5, 5.41) is 7.73. The number of para-hydroxylation sites is 1. The molecule has 4 rings (SSSR count). The summed E-state index contributed by atoms with van der Waals surface area (Å²) in [6.45, 7) is 2.41. The summed E-state index contributed by atoms with van der Waals surface area (Å²) in [5.41, 5.74) is 5.17. The quantitative estimate of drug-likeness (QED) is 0.405. The maximum atomic E-state index is 12.6. The van der Waals surface area contributed by atoms with Crippen LogP contribution >= 0.6 is 11.6 Å². The van der Waals surface area contributed by atoms with E-state index in [1.807, 2.05) is 43.3 Å². The van der Waals surface area contributed by atoms with Crippen LogP contribution in [0.4, 0.5) is 10.5 Å². The van der Waals surface area contributed by atoms with Gasteiger partial charge in [-0.1, -0.05) is 66.2 Å². The van der Waals surface area contributed by atoms with Gasteiger partial charge in [0.2, 0.25) is 0 Å². The standard InChI is InChI=1S/C25H24ClN3O/c1-17-12-13-19(14-23(17)26)28-25(30)27-15-21(18-8-4-3-5-9-18)22-16-29(2)24-11-7-6-10-20(22)24/h3-14,16,21H,15H2,1-2H3,(H2,27,28,30). The molecule has 5 heteroatoms. The number of fused-ring (bicyclic) bond motifs is 1. The Morgan fingerprint density at radius 3 is 2.53 bits per heavy atom. The molecular formula is C25H24ClN3O. The van der Waals surface area contributed by atoms with Crippen molar-refractivity contribution >= 4 is 34.2 Å². The van der Waals surface area contributed by atoms with Gasteiger partial charge in [0.1, 0.15) is 0 Å². The third kappa shape index (κ3) is 4.19. The van der Waals surface area contributed by atoms with Gasteiger partial charge in [0, 0.05) is 47.3 Å². The predicted molar refractivity (Wildman–Crippen MR) is 124 cm³/mol. The van der Waals surface area contributed by atoms with Crippen LogP contribution in [-0.4, -0.2) is 17.1 Å². The van der Waals surface area contributed by atoms with Crippen LogP contribution in [0.1, 0.15) is 22.6 Å². The summed E-state index contributed by atoms with van der Waals surface area (Å²) in [6, 6.07) is 23.9. The molecule has 2 N–H and O–H groups in total. The number of benzene rings is 3. The lowest BCUT2D eigenvalue weighted by atomic mass is 9.91. The zero-order valence-corrected chi connectivity index (χ0v) is 17.8. The number of aryl methyl sites for hydroxylation is 2. The van der Waals surface area contributed by atoms with Crippen molar-refractivity contribution in [3.8, 4) is 0 Å². The van der Waals surface area contributed by atoms with Gasteiger partial charge in [0.15, 0.2) is 0 Å². The molecule has 0 aliphatic carbocycles. The lowest BCUT2D eigenvalue weighted by Crippen LogP contribution is -2.32. The van der Waals surface area contributed by atoms with Gasteiger partial charge in [-0.3, -0.25) is 0 Å². The Hall–Kier alpha value is -3.24. The number of hydrogen-bond acceptors (Lipinski definition) is 1. The van der Waals surface area contributed by atoms with Gasteiger partial charge in [-0.05, 0) is 41.8 Å². The monoisotopic (exact) mass is 417 g/mol. The van der Waals surface area contributed by atoms with E-state index in [0.717, 1.165) is 11.1 Å². The van der Waals surface area contributed by atoms with Gasteiger partial charge in [0.25, 0.3) is 0 Å². The lowest BCUT2D eigenvalue weighted by molar-refractivity contribution is 0.252. The number of rotatable bonds is 5. The maximum absolute atomic E-state index is 12.6.